The molecular weight excluding hydrogens is 228 g/mol. The molecule has 4 nitrogen and oxygen atoms in total. The Morgan fingerprint density at radius 1 is 1.28 bits per heavy atom. The lowest BCUT2D eigenvalue weighted by atomic mass is 10.2. The zero-order valence-corrected chi connectivity index (χ0v) is 10.1. The van der Waals surface area contributed by atoms with Gasteiger partial charge in [-0.25, -0.2) is 0 Å². The number of hydrogen-bond donors (Lipinski definition) is 1. The number of nitrogens with one attached hydrogen (secondary N) is 1. The molecule has 1 aromatic carbocycles. The van der Waals surface area contributed by atoms with Crippen LogP contribution in [0.25, 0.3) is 11.0 Å². The molecular formula is C14H14N2O2. The number of para-hydroxylation sites is 1. The van der Waals surface area contributed by atoms with E-state index in [0.29, 0.717) is 6.54 Å². The summed E-state index contributed by atoms with van der Waals surface area (Å²) in [6, 6.07) is 12.0. The van der Waals surface area contributed by atoms with Crippen molar-refractivity contribution in [2.45, 2.75) is 19.5 Å². The Morgan fingerprint density at radius 2 is 2.17 bits per heavy atom. The minimum Gasteiger partial charge on any atom is -0.459 e. The highest BCUT2D eigenvalue weighted by molar-refractivity contribution is 5.77. The van der Waals surface area contributed by atoms with E-state index in [0.717, 1.165) is 22.5 Å². The molecule has 0 bridgehead atoms. The number of rotatable bonds is 4. The molecule has 92 valence electrons. The molecule has 3 rings (SSSR count). The minimum atomic E-state index is 0.127. The van der Waals surface area contributed by atoms with Gasteiger partial charge in [0.05, 0.1) is 18.8 Å². The summed E-state index contributed by atoms with van der Waals surface area (Å²) in [5, 5.41) is 8.13. The van der Waals surface area contributed by atoms with Crippen LogP contribution in [-0.4, -0.2) is 5.16 Å². The van der Waals surface area contributed by atoms with Gasteiger partial charge in [-0.15, -0.1) is 0 Å². The van der Waals surface area contributed by atoms with Crippen molar-refractivity contribution >= 4 is 11.0 Å². The van der Waals surface area contributed by atoms with E-state index in [4.69, 9.17) is 8.94 Å². The van der Waals surface area contributed by atoms with E-state index in [9.17, 15) is 0 Å². The van der Waals surface area contributed by atoms with Crippen LogP contribution in [0.3, 0.4) is 0 Å². The summed E-state index contributed by atoms with van der Waals surface area (Å²) in [7, 11) is 0. The smallest absolute Gasteiger partial charge is 0.150 e. The SMILES string of the molecule is CC(NCc1ccno1)c1cc2ccccc2o1. The second-order valence-electron chi connectivity index (χ2n) is 4.27. The van der Waals surface area contributed by atoms with Crippen LogP contribution in [0.1, 0.15) is 24.5 Å². The van der Waals surface area contributed by atoms with Crippen LogP contribution in [0.4, 0.5) is 0 Å². The van der Waals surface area contributed by atoms with E-state index in [1.165, 1.54) is 0 Å². The van der Waals surface area contributed by atoms with Crippen LogP contribution in [0.15, 0.2) is 51.5 Å². The van der Waals surface area contributed by atoms with Crippen molar-refractivity contribution in [3.63, 3.8) is 0 Å². The summed E-state index contributed by atoms with van der Waals surface area (Å²) < 4.78 is 10.8. The first-order chi connectivity index (χ1) is 8.83. The van der Waals surface area contributed by atoms with Gasteiger partial charge in [0.2, 0.25) is 0 Å². The maximum Gasteiger partial charge on any atom is 0.150 e. The monoisotopic (exact) mass is 242 g/mol. The van der Waals surface area contributed by atoms with Gasteiger partial charge < -0.3 is 14.3 Å². The molecule has 2 aromatic heterocycles. The summed E-state index contributed by atoms with van der Waals surface area (Å²) in [5.74, 6) is 1.74. The molecule has 0 fully saturated rings. The predicted octanol–water partition coefficient (Wildman–Crippen LogP) is 3.27. The van der Waals surface area contributed by atoms with E-state index in [2.05, 4.69) is 23.5 Å². The molecule has 0 saturated carbocycles. The molecule has 0 saturated heterocycles. The van der Waals surface area contributed by atoms with Crippen molar-refractivity contribution in [1.29, 1.82) is 0 Å². The van der Waals surface area contributed by atoms with E-state index < -0.39 is 0 Å². The summed E-state index contributed by atoms with van der Waals surface area (Å²) >= 11 is 0. The highest BCUT2D eigenvalue weighted by atomic mass is 16.5. The number of furan rings is 1. The first-order valence-electron chi connectivity index (χ1n) is 5.94. The molecule has 1 atom stereocenters. The third kappa shape index (κ3) is 2.15. The summed E-state index contributed by atoms with van der Waals surface area (Å²) in [4.78, 5) is 0. The van der Waals surface area contributed by atoms with Crippen LogP contribution in [0.5, 0.6) is 0 Å². The number of fused-ring (bicyclic) bond motifs is 1. The molecule has 0 aliphatic carbocycles. The predicted molar refractivity (Wildman–Crippen MR) is 68.0 cm³/mol. The average Bonchev–Trinajstić information content (AvgIpc) is 3.04. The Balaban J connectivity index is 1.73. The highest BCUT2D eigenvalue weighted by Crippen LogP contribution is 2.23. The number of benzene rings is 1. The molecule has 1 unspecified atom stereocenters. The standard InChI is InChI=1S/C14H14N2O2/c1-10(15-9-12-6-7-16-18-12)14-8-11-4-2-3-5-13(11)17-14/h2-8,10,15H,9H2,1H3. The van der Waals surface area contributed by atoms with E-state index in [1.54, 1.807) is 6.20 Å². The third-order valence-electron chi connectivity index (χ3n) is 2.95. The summed E-state index contributed by atoms with van der Waals surface area (Å²) in [6.07, 6.45) is 1.64. The zero-order chi connectivity index (χ0) is 12.4. The number of hydrogen-bond acceptors (Lipinski definition) is 4. The Hall–Kier alpha value is -2.07. The van der Waals surface area contributed by atoms with Gasteiger partial charge in [0.1, 0.15) is 17.1 Å². The Bertz CT molecular complexity index is 595. The van der Waals surface area contributed by atoms with Gasteiger partial charge in [-0.05, 0) is 19.1 Å². The van der Waals surface area contributed by atoms with Gasteiger partial charge in [-0.2, -0.15) is 0 Å². The summed E-state index contributed by atoms with van der Waals surface area (Å²) in [5.41, 5.74) is 0.917. The van der Waals surface area contributed by atoms with Gasteiger partial charge in [-0.1, -0.05) is 23.4 Å². The van der Waals surface area contributed by atoms with E-state index in [-0.39, 0.29) is 6.04 Å². The van der Waals surface area contributed by atoms with Crippen molar-refractivity contribution < 1.29 is 8.94 Å². The lowest BCUT2D eigenvalue weighted by molar-refractivity contribution is 0.358. The maximum atomic E-state index is 5.79. The average molecular weight is 242 g/mol. The topological polar surface area (TPSA) is 51.2 Å². The van der Waals surface area contributed by atoms with Gasteiger partial charge in [-0.3, -0.25) is 0 Å². The largest absolute Gasteiger partial charge is 0.459 e. The lowest BCUT2D eigenvalue weighted by Gasteiger charge is -2.08. The second kappa shape index (κ2) is 4.66. The van der Waals surface area contributed by atoms with Gasteiger partial charge in [0.25, 0.3) is 0 Å². The van der Waals surface area contributed by atoms with E-state index >= 15 is 0 Å². The van der Waals surface area contributed by atoms with Crippen LogP contribution in [0, 0.1) is 0 Å². The molecule has 0 aliphatic heterocycles. The summed E-state index contributed by atoms with van der Waals surface area (Å²) in [6.45, 7) is 2.70. The zero-order valence-electron chi connectivity index (χ0n) is 10.1. The molecule has 1 N–H and O–H groups in total. The highest BCUT2D eigenvalue weighted by Gasteiger charge is 2.11. The third-order valence-corrected chi connectivity index (χ3v) is 2.95. The van der Waals surface area contributed by atoms with Crippen LogP contribution in [-0.2, 0) is 6.54 Å². The molecule has 0 spiro atoms. The molecule has 0 radical (unpaired) electrons. The van der Waals surface area contributed by atoms with Crippen LogP contribution < -0.4 is 5.32 Å². The van der Waals surface area contributed by atoms with Gasteiger partial charge in [0.15, 0.2) is 0 Å². The van der Waals surface area contributed by atoms with Crippen LogP contribution in [0.2, 0.25) is 0 Å². The van der Waals surface area contributed by atoms with Crippen molar-refractivity contribution in [3.8, 4) is 0 Å². The molecule has 3 aromatic rings. The fourth-order valence-corrected chi connectivity index (χ4v) is 1.90. The van der Waals surface area contributed by atoms with Crippen molar-refractivity contribution in [3.05, 3.63) is 54.1 Å². The molecule has 4 heteroatoms. The van der Waals surface area contributed by atoms with Crippen molar-refractivity contribution in [1.82, 2.24) is 10.5 Å². The molecule has 18 heavy (non-hydrogen) atoms. The van der Waals surface area contributed by atoms with Crippen molar-refractivity contribution in [2.75, 3.05) is 0 Å². The molecule has 0 aliphatic rings. The van der Waals surface area contributed by atoms with Crippen LogP contribution >= 0.6 is 0 Å². The van der Waals surface area contributed by atoms with Crippen molar-refractivity contribution in [2.24, 2.45) is 0 Å². The maximum absolute atomic E-state index is 5.79. The van der Waals surface area contributed by atoms with Gasteiger partial charge in [0, 0.05) is 11.5 Å². The molecule has 0 amide bonds. The van der Waals surface area contributed by atoms with E-state index in [1.807, 2.05) is 30.3 Å². The Kier molecular flexibility index (Phi) is 2.86. The second-order valence-corrected chi connectivity index (χ2v) is 4.27. The quantitative estimate of drug-likeness (QED) is 0.762. The molecule has 2 heterocycles. The fraction of sp³-hybridized carbons (Fsp3) is 0.214. The Morgan fingerprint density at radius 3 is 2.94 bits per heavy atom. The minimum absolute atomic E-state index is 0.127. The number of aromatic nitrogens is 1. The fourth-order valence-electron chi connectivity index (χ4n) is 1.90. The first-order valence-corrected chi connectivity index (χ1v) is 5.94. The lowest BCUT2D eigenvalue weighted by Crippen LogP contribution is -2.17. The number of nitrogens with zero attached hydrogens (tertiary/aromatic N) is 1. The van der Waals surface area contributed by atoms with Gasteiger partial charge >= 0.3 is 0 Å². The first kappa shape index (κ1) is 11.0. The normalized spacial score (nSPS) is 12.9. The Labute approximate surface area is 105 Å².